The van der Waals surface area contributed by atoms with Crippen molar-refractivity contribution in [2.75, 3.05) is 20.2 Å². The van der Waals surface area contributed by atoms with Gasteiger partial charge in [-0.3, -0.25) is 19.0 Å². The van der Waals surface area contributed by atoms with Crippen LogP contribution >= 0.6 is 34.2 Å². The van der Waals surface area contributed by atoms with Gasteiger partial charge in [-0.25, -0.2) is 0 Å². The van der Waals surface area contributed by atoms with Crippen LogP contribution in [0.5, 0.6) is 5.75 Å². The Kier molecular flexibility index (Phi) is 8.50. The molecule has 37 heavy (non-hydrogen) atoms. The summed E-state index contributed by atoms with van der Waals surface area (Å²) in [4.78, 5) is 38.5. The quantitative estimate of drug-likeness (QED) is 0.212. The van der Waals surface area contributed by atoms with E-state index in [4.69, 9.17) is 16.3 Å². The second kappa shape index (κ2) is 11.8. The molecule has 2 N–H and O–H groups in total. The molecule has 2 amide bonds. The van der Waals surface area contributed by atoms with Gasteiger partial charge in [-0.2, -0.15) is 0 Å². The number of halogens is 2. The summed E-state index contributed by atoms with van der Waals surface area (Å²) in [5, 5.41) is 6.96. The minimum Gasteiger partial charge on any atom is -0.497 e. The Morgan fingerprint density at radius 1 is 0.919 bits per heavy atom. The largest absolute Gasteiger partial charge is 0.497 e. The Morgan fingerprint density at radius 3 is 2.24 bits per heavy atom. The van der Waals surface area contributed by atoms with E-state index in [2.05, 4.69) is 33.2 Å². The van der Waals surface area contributed by atoms with E-state index in [1.54, 1.807) is 54.1 Å². The molecule has 9 heteroatoms. The molecule has 7 nitrogen and oxygen atoms in total. The molecule has 190 valence electrons. The lowest BCUT2D eigenvalue weighted by atomic mass is 10.1. The Balaban J connectivity index is 1.49. The smallest absolute Gasteiger partial charge is 0.262 e. The highest BCUT2D eigenvalue weighted by Crippen LogP contribution is 2.30. The predicted octanol–water partition coefficient (Wildman–Crippen LogP) is 4.99. The first-order valence-corrected chi connectivity index (χ1v) is 13.0. The maximum atomic E-state index is 13.4. The molecule has 0 saturated carbocycles. The monoisotopic (exact) mass is 629 g/mol. The fraction of sp³-hybridized carbons (Fsp3) is 0.179. The van der Waals surface area contributed by atoms with Crippen LogP contribution in [-0.2, 0) is 11.2 Å². The van der Waals surface area contributed by atoms with Gasteiger partial charge in [0.2, 0.25) is 5.91 Å². The number of hydrogen-bond donors (Lipinski definition) is 2. The van der Waals surface area contributed by atoms with Gasteiger partial charge in [-0.1, -0.05) is 11.6 Å². The average Bonchev–Trinajstić information content (AvgIpc) is 3.17. The van der Waals surface area contributed by atoms with Gasteiger partial charge in [0.25, 0.3) is 11.8 Å². The summed E-state index contributed by atoms with van der Waals surface area (Å²) in [7, 11) is 1.57. The van der Waals surface area contributed by atoms with Gasteiger partial charge in [0, 0.05) is 43.9 Å². The van der Waals surface area contributed by atoms with Crippen molar-refractivity contribution in [3.63, 3.8) is 0 Å². The number of hydrogen-bond acceptors (Lipinski definition) is 4. The third-order valence-electron chi connectivity index (χ3n) is 6.01. The normalized spacial score (nSPS) is 10.8. The summed E-state index contributed by atoms with van der Waals surface area (Å²) in [5.41, 5.74) is 3.14. The van der Waals surface area contributed by atoms with E-state index >= 15 is 0 Å². The molecule has 0 atom stereocenters. The standard InChI is InChI=1S/C28H25ClIN3O4/c1-17-23(16-26(34)31-13-14-32-27(35)18-5-9-21(30)10-6-18)24-15-22(37-2)11-12-25(24)33(17)28(36)19-3-7-20(29)8-4-19/h3-12,15H,13-14,16H2,1-2H3,(H,31,34)(H,32,35). The summed E-state index contributed by atoms with van der Waals surface area (Å²) >= 11 is 8.17. The molecular weight excluding hydrogens is 605 g/mol. The predicted molar refractivity (Wildman–Crippen MR) is 153 cm³/mol. The highest BCUT2D eigenvalue weighted by atomic mass is 127. The van der Waals surface area contributed by atoms with Crippen molar-refractivity contribution in [2.24, 2.45) is 0 Å². The van der Waals surface area contributed by atoms with Crippen LogP contribution in [-0.4, -0.2) is 42.5 Å². The van der Waals surface area contributed by atoms with Gasteiger partial charge in [-0.05, 0) is 102 Å². The molecule has 0 radical (unpaired) electrons. The Bertz CT molecular complexity index is 1460. The van der Waals surface area contributed by atoms with Crippen LogP contribution in [0.2, 0.25) is 5.02 Å². The van der Waals surface area contributed by atoms with Crippen molar-refractivity contribution in [2.45, 2.75) is 13.3 Å². The molecule has 4 rings (SSSR count). The molecule has 0 spiro atoms. The number of ether oxygens (including phenoxy) is 1. The van der Waals surface area contributed by atoms with Crippen molar-refractivity contribution in [3.05, 3.63) is 97.7 Å². The number of carbonyl (C=O) groups excluding carboxylic acids is 3. The number of amides is 2. The first kappa shape index (κ1) is 26.7. The van der Waals surface area contributed by atoms with Crippen molar-refractivity contribution in [3.8, 4) is 5.75 Å². The van der Waals surface area contributed by atoms with Gasteiger partial charge < -0.3 is 15.4 Å². The van der Waals surface area contributed by atoms with Crippen LogP contribution in [0.15, 0.2) is 66.7 Å². The summed E-state index contributed by atoms with van der Waals surface area (Å²) in [5.74, 6) is 0.00246. The van der Waals surface area contributed by atoms with Gasteiger partial charge in [-0.15, -0.1) is 0 Å². The van der Waals surface area contributed by atoms with Gasteiger partial charge >= 0.3 is 0 Å². The molecule has 0 saturated heterocycles. The fourth-order valence-electron chi connectivity index (χ4n) is 4.10. The Labute approximate surface area is 233 Å². The lowest BCUT2D eigenvalue weighted by molar-refractivity contribution is -0.120. The van der Waals surface area contributed by atoms with Crippen LogP contribution in [0.25, 0.3) is 10.9 Å². The van der Waals surface area contributed by atoms with E-state index in [9.17, 15) is 14.4 Å². The maximum Gasteiger partial charge on any atom is 0.262 e. The highest BCUT2D eigenvalue weighted by Gasteiger charge is 2.22. The number of rotatable bonds is 8. The summed E-state index contributed by atoms with van der Waals surface area (Å²) in [6.07, 6.45) is 0.0709. The van der Waals surface area contributed by atoms with Gasteiger partial charge in [0.15, 0.2) is 0 Å². The van der Waals surface area contributed by atoms with Crippen LogP contribution < -0.4 is 15.4 Å². The van der Waals surface area contributed by atoms with Gasteiger partial charge in [0.1, 0.15) is 5.75 Å². The van der Waals surface area contributed by atoms with Gasteiger partial charge in [0.05, 0.1) is 19.0 Å². The number of aromatic nitrogens is 1. The van der Waals surface area contributed by atoms with E-state index in [1.165, 1.54) is 0 Å². The van der Waals surface area contributed by atoms with Crippen molar-refractivity contribution >= 4 is 62.8 Å². The first-order chi connectivity index (χ1) is 17.8. The van der Waals surface area contributed by atoms with Crippen LogP contribution in [0, 0.1) is 10.5 Å². The topological polar surface area (TPSA) is 89.4 Å². The molecular formula is C28H25ClIN3O4. The number of carbonyl (C=O) groups is 3. The van der Waals surface area contributed by atoms with Crippen molar-refractivity contribution < 1.29 is 19.1 Å². The van der Waals surface area contributed by atoms with E-state index in [-0.39, 0.29) is 30.7 Å². The molecule has 0 bridgehead atoms. The minimum atomic E-state index is -0.215. The van der Waals surface area contributed by atoms with Crippen molar-refractivity contribution in [1.82, 2.24) is 15.2 Å². The zero-order valence-corrected chi connectivity index (χ0v) is 23.2. The molecule has 4 aromatic rings. The molecule has 3 aromatic carbocycles. The number of nitrogens with zero attached hydrogens (tertiary/aromatic N) is 1. The number of fused-ring (bicyclic) bond motifs is 1. The first-order valence-electron chi connectivity index (χ1n) is 11.6. The molecule has 0 fully saturated rings. The lowest BCUT2D eigenvalue weighted by Crippen LogP contribution is -2.35. The molecule has 1 heterocycles. The Hall–Kier alpha value is -3.37. The number of benzene rings is 3. The van der Waals surface area contributed by atoms with E-state index in [0.29, 0.717) is 39.7 Å². The van der Waals surface area contributed by atoms with E-state index in [0.717, 1.165) is 14.5 Å². The Morgan fingerprint density at radius 2 is 1.57 bits per heavy atom. The second-order valence-corrected chi connectivity index (χ2v) is 10.1. The molecule has 0 aliphatic heterocycles. The number of nitrogens with one attached hydrogen (secondary N) is 2. The van der Waals surface area contributed by atoms with Crippen LogP contribution in [0.4, 0.5) is 0 Å². The zero-order chi connectivity index (χ0) is 26.5. The lowest BCUT2D eigenvalue weighted by Gasteiger charge is -2.09. The fourth-order valence-corrected chi connectivity index (χ4v) is 4.59. The summed E-state index contributed by atoms with van der Waals surface area (Å²) < 4.78 is 8.04. The van der Waals surface area contributed by atoms with Crippen LogP contribution in [0.3, 0.4) is 0 Å². The summed E-state index contributed by atoms with van der Waals surface area (Å²) in [6.45, 7) is 2.39. The average molecular weight is 630 g/mol. The SMILES string of the molecule is COc1ccc2c(c1)c(CC(=O)NCCNC(=O)c1ccc(I)cc1)c(C)n2C(=O)c1ccc(Cl)cc1. The van der Waals surface area contributed by atoms with Crippen molar-refractivity contribution in [1.29, 1.82) is 0 Å². The third kappa shape index (κ3) is 6.14. The third-order valence-corrected chi connectivity index (χ3v) is 6.98. The molecule has 0 unspecified atom stereocenters. The molecule has 0 aliphatic rings. The maximum absolute atomic E-state index is 13.4. The van der Waals surface area contributed by atoms with E-state index in [1.807, 2.05) is 31.2 Å². The highest BCUT2D eigenvalue weighted by molar-refractivity contribution is 14.1. The minimum absolute atomic E-state index is 0.0709. The van der Waals surface area contributed by atoms with Crippen LogP contribution in [0.1, 0.15) is 32.0 Å². The molecule has 0 aliphatic carbocycles. The van der Waals surface area contributed by atoms with E-state index < -0.39 is 0 Å². The molecule has 1 aromatic heterocycles. The number of methoxy groups -OCH3 is 1. The zero-order valence-electron chi connectivity index (χ0n) is 20.3. The summed E-state index contributed by atoms with van der Waals surface area (Å²) in [6, 6.07) is 19.4. The second-order valence-electron chi connectivity index (χ2n) is 8.38.